The zero-order valence-corrected chi connectivity index (χ0v) is 13.1. The highest BCUT2D eigenvalue weighted by Gasteiger charge is 2.14. The number of ether oxygens (including phenoxy) is 2. The molecule has 4 heteroatoms. The van der Waals surface area contributed by atoms with Crippen LogP contribution in [0.4, 0.5) is 0 Å². The van der Waals surface area contributed by atoms with Gasteiger partial charge in [0.15, 0.2) is 11.5 Å². The molecule has 20 heavy (non-hydrogen) atoms. The van der Waals surface area contributed by atoms with E-state index < -0.39 is 0 Å². The van der Waals surface area contributed by atoms with Crippen LogP contribution in [0.2, 0.25) is 0 Å². The molecule has 0 saturated heterocycles. The maximum Gasteiger partial charge on any atom is 0.165 e. The minimum atomic E-state index is 0.652. The summed E-state index contributed by atoms with van der Waals surface area (Å²) in [7, 11) is 0. The molecular formula is C16H25NO2S. The monoisotopic (exact) mass is 295 g/mol. The summed E-state index contributed by atoms with van der Waals surface area (Å²) in [6.45, 7) is 3.24. The molecular weight excluding hydrogens is 270 g/mol. The summed E-state index contributed by atoms with van der Waals surface area (Å²) < 4.78 is 11.3. The van der Waals surface area contributed by atoms with Crippen molar-refractivity contribution in [2.45, 2.75) is 32.2 Å². The van der Waals surface area contributed by atoms with E-state index in [-0.39, 0.29) is 0 Å². The molecule has 0 bridgehead atoms. The van der Waals surface area contributed by atoms with Gasteiger partial charge in [-0.15, -0.1) is 0 Å². The standard InChI is InChI=1S/C16H25NO2S/c1-20-12-5-3-2-4-9-17-13-14-7-6-8-15-16(14)19-11-10-18-15/h6-8,17H,2-5,9-13H2,1H3. The Hall–Kier alpha value is -0.870. The molecule has 0 atom stereocenters. The lowest BCUT2D eigenvalue weighted by molar-refractivity contribution is 0.169. The smallest absolute Gasteiger partial charge is 0.165 e. The molecule has 0 unspecified atom stereocenters. The summed E-state index contributed by atoms with van der Waals surface area (Å²) >= 11 is 1.94. The fraction of sp³-hybridized carbons (Fsp3) is 0.625. The Morgan fingerprint density at radius 2 is 1.95 bits per heavy atom. The summed E-state index contributed by atoms with van der Waals surface area (Å²) in [5, 5.41) is 3.50. The number of hydrogen-bond acceptors (Lipinski definition) is 4. The largest absolute Gasteiger partial charge is 0.486 e. The van der Waals surface area contributed by atoms with E-state index in [0.717, 1.165) is 24.6 Å². The van der Waals surface area contributed by atoms with Crippen LogP contribution in [-0.2, 0) is 6.54 Å². The third-order valence-corrected chi connectivity index (χ3v) is 4.11. The lowest BCUT2D eigenvalue weighted by Crippen LogP contribution is -2.19. The predicted octanol–water partition coefficient (Wildman–Crippen LogP) is 3.47. The molecule has 0 aromatic heterocycles. The molecule has 0 radical (unpaired) electrons. The number of thioether (sulfide) groups is 1. The molecule has 0 fully saturated rings. The summed E-state index contributed by atoms with van der Waals surface area (Å²) in [6, 6.07) is 6.12. The SMILES string of the molecule is CSCCCCCCNCc1cccc2c1OCCO2. The molecule has 1 aliphatic rings. The van der Waals surface area contributed by atoms with Crippen molar-refractivity contribution in [3.63, 3.8) is 0 Å². The summed E-state index contributed by atoms with van der Waals surface area (Å²) in [5.74, 6) is 3.10. The Labute approximate surface area is 126 Å². The minimum absolute atomic E-state index is 0.652. The summed E-state index contributed by atoms with van der Waals surface area (Å²) in [5.41, 5.74) is 1.20. The van der Waals surface area contributed by atoms with Gasteiger partial charge in [-0.3, -0.25) is 0 Å². The number of unbranched alkanes of at least 4 members (excludes halogenated alkanes) is 3. The minimum Gasteiger partial charge on any atom is -0.486 e. The van der Waals surface area contributed by atoms with Gasteiger partial charge in [-0.05, 0) is 37.5 Å². The lowest BCUT2D eigenvalue weighted by atomic mass is 10.1. The lowest BCUT2D eigenvalue weighted by Gasteiger charge is -2.21. The van der Waals surface area contributed by atoms with Crippen LogP contribution in [0.15, 0.2) is 18.2 Å². The summed E-state index contributed by atoms with van der Waals surface area (Å²) in [6.07, 6.45) is 7.44. The highest BCUT2D eigenvalue weighted by Crippen LogP contribution is 2.33. The van der Waals surface area contributed by atoms with E-state index in [1.807, 2.05) is 23.9 Å². The Morgan fingerprint density at radius 3 is 2.85 bits per heavy atom. The van der Waals surface area contributed by atoms with Gasteiger partial charge in [-0.2, -0.15) is 11.8 Å². The van der Waals surface area contributed by atoms with Crippen LogP contribution in [0.3, 0.4) is 0 Å². The first kappa shape index (κ1) is 15.5. The van der Waals surface area contributed by atoms with E-state index in [9.17, 15) is 0 Å². The second kappa shape index (κ2) is 9.14. The first-order valence-corrected chi connectivity index (χ1v) is 8.88. The van der Waals surface area contributed by atoms with Gasteiger partial charge in [-0.25, -0.2) is 0 Å². The van der Waals surface area contributed by atoms with Crippen LogP contribution in [0, 0.1) is 0 Å². The first-order valence-electron chi connectivity index (χ1n) is 7.49. The van der Waals surface area contributed by atoms with Gasteiger partial charge in [-0.1, -0.05) is 25.0 Å². The third-order valence-electron chi connectivity index (χ3n) is 3.42. The molecule has 0 amide bonds. The number of fused-ring (bicyclic) bond motifs is 1. The van der Waals surface area contributed by atoms with Gasteiger partial charge in [0.25, 0.3) is 0 Å². The van der Waals surface area contributed by atoms with Gasteiger partial charge in [0.1, 0.15) is 13.2 Å². The van der Waals surface area contributed by atoms with Gasteiger partial charge in [0, 0.05) is 12.1 Å². The Balaban J connectivity index is 1.64. The molecule has 1 heterocycles. The zero-order valence-electron chi connectivity index (χ0n) is 12.3. The fourth-order valence-corrected chi connectivity index (χ4v) is 2.84. The van der Waals surface area contributed by atoms with Crippen molar-refractivity contribution in [2.24, 2.45) is 0 Å². The average Bonchev–Trinajstić information content (AvgIpc) is 2.50. The molecule has 1 aliphatic heterocycles. The van der Waals surface area contributed by atoms with E-state index in [4.69, 9.17) is 9.47 Å². The number of para-hydroxylation sites is 1. The second-order valence-electron chi connectivity index (χ2n) is 5.03. The number of hydrogen-bond donors (Lipinski definition) is 1. The number of nitrogens with one attached hydrogen (secondary N) is 1. The highest BCUT2D eigenvalue weighted by atomic mass is 32.2. The van der Waals surface area contributed by atoms with Crippen molar-refractivity contribution < 1.29 is 9.47 Å². The third kappa shape index (κ3) is 4.91. The molecule has 112 valence electrons. The molecule has 1 N–H and O–H groups in total. The van der Waals surface area contributed by atoms with Crippen LogP contribution >= 0.6 is 11.8 Å². The van der Waals surface area contributed by atoms with Crippen molar-refractivity contribution in [2.75, 3.05) is 31.8 Å². The van der Waals surface area contributed by atoms with Gasteiger partial charge >= 0.3 is 0 Å². The van der Waals surface area contributed by atoms with Gasteiger partial charge in [0.2, 0.25) is 0 Å². The van der Waals surface area contributed by atoms with Crippen molar-refractivity contribution in [3.05, 3.63) is 23.8 Å². The normalized spacial score (nSPS) is 13.4. The Bertz CT molecular complexity index is 398. The van der Waals surface area contributed by atoms with Gasteiger partial charge < -0.3 is 14.8 Å². The molecule has 0 aliphatic carbocycles. The molecule has 0 saturated carbocycles. The van der Waals surface area contributed by atoms with E-state index in [0.29, 0.717) is 13.2 Å². The maximum atomic E-state index is 5.71. The molecule has 2 rings (SSSR count). The van der Waals surface area contributed by atoms with Crippen LogP contribution in [-0.4, -0.2) is 31.8 Å². The molecule has 3 nitrogen and oxygen atoms in total. The number of rotatable bonds is 9. The predicted molar refractivity (Wildman–Crippen MR) is 86.0 cm³/mol. The molecule has 0 spiro atoms. The first-order chi connectivity index (χ1) is 9.92. The van der Waals surface area contributed by atoms with E-state index >= 15 is 0 Å². The van der Waals surface area contributed by atoms with Crippen molar-refractivity contribution in [1.82, 2.24) is 5.32 Å². The Morgan fingerprint density at radius 1 is 1.10 bits per heavy atom. The zero-order chi connectivity index (χ0) is 14.0. The highest BCUT2D eigenvalue weighted by molar-refractivity contribution is 7.98. The number of benzene rings is 1. The van der Waals surface area contributed by atoms with Crippen LogP contribution in [0.5, 0.6) is 11.5 Å². The van der Waals surface area contributed by atoms with Gasteiger partial charge in [0.05, 0.1) is 0 Å². The van der Waals surface area contributed by atoms with Crippen LogP contribution in [0.1, 0.15) is 31.2 Å². The topological polar surface area (TPSA) is 30.5 Å². The maximum absolute atomic E-state index is 5.71. The van der Waals surface area contributed by atoms with Crippen molar-refractivity contribution in [1.29, 1.82) is 0 Å². The average molecular weight is 295 g/mol. The Kier molecular flexibility index (Phi) is 7.09. The quantitative estimate of drug-likeness (QED) is 0.707. The fourth-order valence-electron chi connectivity index (χ4n) is 2.35. The molecule has 1 aromatic carbocycles. The van der Waals surface area contributed by atoms with E-state index in [2.05, 4.69) is 17.6 Å². The second-order valence-corrected chi connectivity index (χ2v) is 6.01. The van der Waals surface area contributed by atoms with E-state index in [1.165, 1.54) is 37.0 Å². The van der Waals surface area contributed by atoms with Crippen LogP contribution < -0.4 is 14.8 Å². The van der Waals surface area contributed by atoms with Crippen molar-refractivity contribution >= 4 is 11.8 Å². The van der Waals surface area contributed by atoms with E-state index in [1.54, 1.807) is 0 Å². The molecule has 1 aromatic rings. The van der Waals surface area contributed by atoms with Crippen LogP contribution in [0.25, 0.3) is 0 Å². The van der Waals surface area contributed by atoms with Crippen molar-refractivity contribution in [3.8, 4) is 11.5 Å². The summed E-state index contributed by atoms with van der Waals surface area (Å²) in [4.78, 5) is 0.